The number of aromatic nitrogens is 5. The number of tetrazole rings is 1. The first kappa shape index (κ1) is 29.7. The van der Waals surface area contributed by atoms with Gasteiger partial charge < -0.3 is 9.84 Å². The maximum absolute atomic E-state index is 16.5. The van der Waals surface area contributed by atoms with E-state index in [4.69, 9.17) is 10.00 Å². The number of nitriles is 1. The molecular weight excluding hydrogens is 672 g/mol. The molecule has 2 aromatic heterocycles. The first-order valence-electron chi connectivity index (χ1n) is 12.6. The maximum atomic E-state index is 16.5. The van der Waals surface area contributed by atoms with Crippen LogP contribution >= 0.6 is 22.6 Å². The van der Waals surface area contributed by atoms with Crippen molar-refractivity contribution in [2.45, 2.75) is 22.4 Å². The Morgan fingerprint density at radius 1 is 0.930 bits per heavy atom. The van der Waals surface area contributed by atoms with Crippen LogP contribution < -0.4 is 4.74 Å². The van der Waals surface area contributed by atoms with Crippen LogP contribution in [0.5, 0.6) is 5.75 Å². The van der Waals surface area contributed by atoms with Gasteiger partial charge >= 0.3 is 0 Å². The molecule has 43 heavy (non-hydrogen) atoms. The molecule has 3 aromatic carbocycles. The van der Waals surface area contributed by atoms with E-state index in [-0.39, 0.29) is 5.69 Å². The third kappa shape index (κ3) is 6.66. The maximum Gasteiger partial charge on any atom is 0.236 e. The summed E-state index contributed by atoms with van der Waals surface area (Å²) in [4.78, 5) is 4.17. The molecule has 0 fully saturated rings. The van der Waals surface area contributed by atoms with Gasteiger partial charge in [0.1, 0.15) is 30.3 Å². The van der Waals surface area contributed by atoms with Gasteiger partial charge in [-0.2, -0.15) is 5.26 Å². The van der Waals surface area contributed by atoms with Crippen molar-refractivity contribution in [2.24, 2.45) is 0 Å². The minimum atomic E-state index is -2.70. The zero-order valence-electron chi connectivity index (χ0n) is 22.1. The summed E-state index contributed by atoms with van der Waals surface area (Å²) in [6.07, 6.45) is 2.47. The number of nitrogens with zero attached hydrogens (tertiary/aromatic N) is 6. The lowest BCUT2D eigenvalue weighted by Crippen LogP contribution is -2.47. The van der Waals surface area contributed by atoms with Crippen molar-refractivity contribution in [2.75, 3.05) is 0 Å². The lowest BCUT2D eigenvalue weighted by atomic mass is 9.86. The highest BCUT2D eigenvalue weighted by molar-refractivity contribution is 14.1. The first-order valence-corrected chi connectivity index (χ1v) is 13.7. The van der Waals surface area contributed by atoms with Gasteiger partial charge in [0.15, 0.2) is 5.60 Å². The molecule has 0 aliphatic carbocycles. The van der Waals surface area contributed by atoms with Gasteiger partial charge in [-0.15, -0.1) is 5.10 Å². The van der Waals surface area contributed by atoms with Crippen molar-refractivity contribution in [3.63, 3.8) is 0 Å². The topological polar surface area (TPSA) is 110 Å². The fraction of sp³-hybridized carbons (Fsp3) is 0.129. The highest BCUT2D eigenvalue weighted by atomic mass is 127. The Morgan fingerprint density at radius 2 is 1.63 bits per heavy atom. The monoisotopic (exact) mass is 692 g/mol. The number of alkyl halides is 2. The molecule has 0 aliphatic rings. The van der Waals surface area contributed by atoms with Crippen LogP contribution in [0.3, 0.4) is 0 Å². The highest BCUT2D eigenvalue weighted by Gasteiger charge is 2.55. The zero-order valence-corrected chi connectivity index (χ0v) is 24.3. The predicted molar refractivity (Wildman–Crippen MR) is 157 cm³/mol. The number of hydrogen-bond acceptors (Lipinski definition) is 7. The molecule has 214 valence electrons. The first-order chi connectivity index (χ1) is 20.7. The summed E-state index contributed by atoms with van der Waals surface area (Å²) in [5, 5.41) is 31.1. The molecule has 5 rings (SSSR count). The molecule has 1 N–H and O–H groups in total. The van der Waals surface area contributed by atoms with E-state index >= 15 is 4.39 Å². The summed E-state index contributed by atoms with van der Waals surface area (Å²) in [6, 6.07) is 21.7. The van der Waals surface area contributed by atoms with Crippen LogP contribution in [0, 0.1) is 34.8 Å². The Hall–Kier alpha value is -4.79. The van der Waals surface area contributed by atoms with Crippen LogP contribution in [0.1, 0.15) is 33.5 Å². The van der Waals surface area contributed by atoms with Crippen LogP contribution in [0.4, 0.5) is 13.2 Å². The molecule has 0 saturated heterocycles. The average Bonchev–Trinajstić information content (AvgIpc) is 3.52. The Morgan fingerprint density at radius 3 is 2.26 bits per heavy atom. The molecule has 2 atom stereocenters. The molecule has 0 bridgehead atoms. The number of rotatable bonds is 8. The summed E-state index contributed by atoms with van der Waals surface area (Å²) in [5.41, 5.74) is -0.611. The molecule has 0 radical (unpaired) electrons. The summed E-state index contributed by atoms with van der Waals surface area (Å²) in [7, 11) is 0. The van der Waals surface area contributed by atoms with E-state index in [0.29, 0.717) is 35.1 Å². The van der Waals surface area contributed by atoms with Crippen LogP contribution in [-0.4, -0.2) is 30.3 Å². The average molecular weight is 692 g/mol. The minimum Gasteiger partial charge on any atom is -0.489 e. The van der Waals surface area contributed by atoms with Gasteiger partial charge in [-0.05, 0) is 93.2 Å². The van der Waals surface area contributed by atoms with Gasteiger partial charge in [0.25, 0.3) is 0 Å². The molecular formula is C31H20F3IN6O2. The van der Waals surface area contributed by atoms with Crippen molar-refractivity contribution < 1.29 is 23.0 Å². The molecule has 12 heteroatoms. The summed E-state index contributed by atoms with van der Waals surface area (Å²) in [5.74, 6) is 4.58. The lowest BCUT2D eigenvalue weighted by Gasteiger charge is -2.37. The summed E-state index contributed by atoms with van der Waals surface area (Å²) >= 11 is 1.35. The number of pyridine rings is 1. The number of halogens is 4. The Labute approximate surface area is 257 Å². The highest BCUT2D eigenvalue weighted by Crippen LogP contribution is 2.50. The molecule has 5 aromatic rings. The molecule has 2 heterocycles. The van der Waals surface area contributed by atoms with Crippen molar-refractivity contribution in [3.05, 3.63) is 137 Å². The third-order valence-corrected chi connectivity index (χ3v) is 7.90. The Kier molecular flexibility index (Phi) is 8.71. The van der Waals surface area contributed by atoms with E-state index in [1.54, 1.807) is 36.4 Å². The van der Waals surface area contributed by atoms with Gasteiger partial charge in [0.2, 0.25) is 3.68 Å². The SMILES string of the molecule is N#Cc1ccc(COc2ccc(C#Cc3ccc(C(F)(I)C(O)(Cn4cnnn4)c4ccc(F)cc4F)nc3)cc2)cc1. The van der Waals surface area contributed by atoms with E-state index < -0.39 is 33.0 Å². The molecule has 8 nitrogen and oxygen atoms in total. The molecule has 0 saturated carbocycles. The smallest absolute Gasteiger partial charge is 0.236 e. The normalized spacial score (nSPS) is 13.6. The van der Waals surface area contributed by atoms with E-state index in [0.717, 1.165) is 28.7 Å². The van der Waals surface area contributed by atoms with Crippen LogP contribution in [0.2, 0.25) is 0 Å². The molecule has 0 spiro atoms. The second kappa shape index (κ2) is 12.6. The van der Waals surface area contributed by atoms with E-state index in [1.165, 1.54) is 40.9 Å². The largest absolute Gasteiger partial charge is 0.489 e. The molecule has 2 unspecified atom stereocenters. The van der Waals surface area contributed by atoms with Crippen molar-refractivity contribution in [3.8, 4) is 23.7 Å². The number of hydrogen-bond donors (Lipinski definition) is 1. The van der Waals surface area contributed by atoms with Crippen LogP contribution in [0.15, 0.2) is 91.4 Å². The van der Waals surface area contributed by atoms with Gasteiger partial charge in [-0.1, -0.05) is 30.0 Å². The second-order valence-corrected chi connectivity index (χ2v) is 10.9. The van der Waals surface area contributed by atoms with Crippen LogP contribution in [-0.2, 0) is 22.4 Å². The van der Waals surface area contributed by atoms with Gasteiger partial charge in [-0.25, -0.2) is 17.9 Å². The fourth-order valence-electron chi connectivity index (χ4n) is 4.15. The quantitative estimate of drug-likeness (QED) is 0.133. The molecule has 0 amide bonds. The van der Waals surface area contributed by atoms with E-state index in [1.807, 2.05) is 12.1 Å². The number of aliphatic hydroxyl groups is 1. The van der Waals surface area contributed by atoms with E-state index in [9.17, 15) is 13.9 Å². The standard InChI is InChI=1S/C31H20F3IN6O2/c32-25-10-13-27(28(33)15-25)30(42,19-41-20-38-39-40-41)31(34,35)29-14-9-23(17-37-29)4-1-21-7-11-26(12-8-21)43-18-24-5-2-22(16-36)3-6-24/h2-3,5-15,17,20,42H,18-19H2. The zero-order chi connectivity index (χ0) is 30.5. The fourth-order valence-corrected chi connectivity index (χ4v) is 4.93. The van der Waals surface area contributed by atoms with Crippen LogP contribution in [0.25, 0.3) is 0 Å². The minimum absolute atomic E-state index is 0.221. The third-order valence-electron chi connectivity index (χ3n) is 6.46. The van der Waals surface area contributed by atoms with Gasteiger partial charge in [0.05, 0.1) is 23.9 Å². The van der Waals surface area contributed by atoms with Crippen molar-refractivity contribution >= 4 is 22.6 Å². The number of ether oxygens (including phenoxy) is 1. The predicted octanol–water partition coefficient (Wildman–Crippen LogP) is 5.34. The summed E-state index contributed by atoms with van der Waals surface area (Å²) < 4.78 is 49.1. The second-order valence-electron chi connectivity index (χ2n) is 9.37. The molecule has 0 aliphatic heterocycles. The Bertz CT molecular complexity index is 1820. The van der Waals surface area contributed by atoms with E-state index in [2.05, 4.69) is 38.4 Å². The summed E-state index contributed by atoms with van der Waals surface area (Å²) in [6.45, 7) is -0.237. The van der Waals surface area contributed by atoms with Crippen molar-refractivity contribution in [1.82, 2.24) is 25.2 Å². The Balaban J connectivity index is 1.31. The van der Waals surface area contributed by atoms with Gasteiger partial charge in [0, 0.05) is 29.0 Å². The number of benzene rings is 3. The van der Waals surface area contributed by atoms with Gasteiger partial charge in [-0.3, -0.25) is 4.98 Å². The lowest BCUT2D eigenvalue weighted by molar-refractivity contribution is -0.0738. The van der Waals surface area contributed by atoms with Crippen molar-refractivity contribution in [1.29, 1.82) is 5.26 Å².